The number of amides is 2. The summed E-state index contributed by atoms with van der Waals surface area (Å²) < 4.78 is 34.9. The Hall–Kier alpha value is -3.36. The number of anilines is 1. The lowest BCUT2D eigenvalue weighted by atomic mass is 10.1. The van der Waals surface area contributed by atoms with Gasteiger partial charge in [-0.2, -0.15) is 8.78 Å². The van der Waals surface area contributed by atoms with E-state index in [9.17, 15) is 18.4 Å². The number of carbonyl (C=O) groups excluding carboxylic acids is 2. The van der Waals surface area contributed by atoms with Crippen LogP contribution < -0.4 is 19.7 Å². The van der Waals surface area contributed by atoms with Crippen LogP contribution in [-0.4, -0.2) is 62.2 Å². The number of fused-ring (bicyclic) bond motifs is 1. The molecule has 0 saturated carbocycles. The molecule has 1 saturated heterocycles. The molecule has 0 aromatic heterocycles. The second kappa shape index (κ2) is 11.2. The number of nitrogens with one attached hydrogen (secondary N) is 1. The minimum absolute atomic E-state index is 0.0288. The summed E-state index contributed by atoms with van der Waals surface area (Å²) in [5.74, 6) is 0.503. The highest BCUT2D eigenvalue weighted by molar-refractivity contribution is 5.86. The molecule has 0 aliphatic carbocycles. The predicted molar refractivity (Wildman–Crippen MR) is 123 cm³/mol. The number of para-hydroxylation sites is 2. The Morgan fingerprint density at radius 3 is 2.53 bits per heavy atom. The van der Waals surface area contributed by atoms with Gasteiger partial charge in [0, 0.05) is 19.6 Å². The fraction of sp³-hybridized carbons (Fsp3) is 0.440. The van der Waals surface area contributed by atoms with Crippen LogP contribution in [0.4, 0.5) is 14.5 Å². The van der Waals surface area contributed by atoms with Gasteiger partial charge in [-0.25, -0.2) is 0 Å². The number of hydrogen-bond acceptors (Lipinski definition) is 5. The Labute approximate surface area is 197 Å². The van der Waals surface area contributed by atoms with Crippen LogP contribution in [0.5, 0.6) is 11.5 Å². The number of rotatable bonds is 8. The van der Waals surface area contributed by atoms with Crippen LogP contribution in [0, 0.1) is 0 Å². The lowest BCUT2D eigenvalue weighted by Crippen LogP contribution is -2.53. The average Bonchev–Trinajstić information content (AvgIpc) is 2.85. The first-order chi connectivity index (χ1) is 16.5. The van der Waals surface area contributed by atoms with E-state index in [1.807, 2.05) is 34.1 Å². The number of hydrogen-bond donors (Lipinski definition) is 1. The molecule has 0 spiro atoms. The van der Waals surface area contributed by atoms with E-state index >= 15 is 0 Å². The van der Waals surface area contributed by atoms with Gasteiger partial charge in [-0.15, -0.1) is 0 Å². The zero-order valence-corrected chi connectivity index (χ0v) is 18.9. The highest BCUT2D eigenvalue weighted by Gasteiger charge is 2.34. The minimum Gasteiger partial charge on any atom is -0.477 e. The van der Waals surface area contributed by atoms with Crippen LogP contribution in [0.2, 0.25) is 0 Å². The van der Waals surface area contributed by atoms with Crippen molar-refractivity contribution in [1.29, 1.82) is 0 Å². The molecule has 7 nitrogen and oxygen atoms in total. The maximum Gasteiger partial charge on any atom is 0.387 e. The van der Waals surface area contributed by atoms with Crippen LogP contribution in [0.1, 0.15) is 24.8 Å². The van der Waals surface area contributed by atoms with E-state index in [-0.39, 0.29) is 24.1 Å². The number of carbonyl (C=O) groups is 2. The van der Waals surface area contributed by atoms with Gasteiger partial charge >= 0.3 is 6.61 Å². The van der Waals surface area contributed by atoms with Gasteiger partial charge in [0.05, 0.1) is 18.8 Å². The van der Waals surface area contributed by atoms with Crippen molar-refractivity contribution in [2.45, 2.75) is 38.4 Å². The van der Waals surface area contributed by atoms with Gasteiger partial charge in [0.1, 0.15) is 11.5 Å². The summed E-state index contributed by atoms with van der Waals surface area (Å²) in [6.45, 7) is -0.552. The zero-order chi connectivity index (χ0) is 23.9. The van der Waals surface area contributed by atoms with Gasteiger partial charge < -0.3 is 24.6 Å². The lowest BCUT2D eigenvalue weighted by Gasteiger charge is -2.38. The molecule has 1 unspecified atom stereocenters. The number of likely N-dealkylation sites (tertiary alicyclic amines) is 1. The molecule has 2 aliphatic rings. The van der Waals surface area contributed by atoms with Crippen molar-refractivity contribution in [2.24, 2.45) is 0 Å². The third-order valence-electron chi connectivity index (χ3n) is 6.02. The van der Waals surface area contributed by atoms with Crippen molar-refractivity contribution in [1.82, 2.24) is 10.2 Å². The highest BCUT2D eigenvalue weighted by Crippen LogP contribution is 2.33. The average molecular weight is 474 g/mol. The van der Waals surface area contributed by atoms with Crippen molar-refractivity contribution < 1.29 is 27.8 Å². The van der Waals surface area contributed by atoms with E-state index in [1.165, 1.54) is 12.1 Å². The third kappa shape index (κ3) is 6.15. The predicted octanol–water partition coefficient (Wildman–Crippen LogP) is 3.23. The summed E-state index contributed by atoms with van der Waals surface area (Å²) in [6.07, 6.45) is 3.05. The van der Waals surface area contributed by atoms with Crippen molar-refractivity contribution in [2.75, 3.05) is 37.6 Å². The number of ether oxygens (including phenoxy) is 2. The number of benzene rings is 2. The summed E-state index contributed by atoms with van der Waals surface area (Å²) in [4.78, 5) is 29.4. The minimum atomic E-state index is -2.86. The molecule has 2 amide bonds. The highest BCUT2D eigenvalue weighted by atomic mass is 19.3. The molecule has 0 radical (unpaired) electrons. The second-order valence-corrected chi connectivity index (χ2v) is 8.46. The molecule has 2 aromatic carbocycles. The molecular formula is C25H29F2N3O4. The van der Waals surface area contributed by atoms with E-state index < -0.39 is 12.7 Å². The van der Waals surface area contributed by atoms with E-state index in [0.29, 0.717) is 25.3 Å². The summed E-state index contributed by atoms with van der Waals surface area (Å²) in [5.41, 5.74) is 1.68. The van der Waals surface area contributed by atoms with Crippen LogP contribution >= 0.6 is 0 Å². The van der Waals surface area contributed by atoms with Gasteiger partial charge in [-0.1, -0.05) is 24.3 Å². The molecule has 1 atom stereocenters. The summed E-state index contributed by atoms with van der Waals surface area (Å²) >= 11 is 0. The number of nitrogens with zero attached hydrogens (tertiary/aromatic N) is 2. The molecule has 1 N–H and O–H groups in total. The Morgan fingerprint density at radius 1 is 1.06 bits per heavy atom. The molecule has 1 fully saturated rings. The monoisotopic (exact) mass is 473 g/mol. The summed E-state index contributed by atoms with van der Waals surface area (Å²) in [6, 6.07) is 13.8. The van der Waals surface area contributed by atoms with Crippen molar-refractivity contribution in [3.05, 3.63) is 54.1 Å². The Bertz CT molecular complexity index is 980. The molecule has 2 heterocycles. The quantitative estimate of drug-likeness (QED) is 0.638. The van der Waals surface area contributed by atoms with Crippen LogP contribution in [0.15, 0.2) is 48.5 Å². The van der Waals surface area contributed by atoms with Gasteiger partial charge in [-0.05, 0) is 55.5 Å². The van der Waals surface area contributed by atoms with E-state index in [2.05, 4.69) is 10.1 Å². The maximum absolute atomic E-state index is 13.0. The van der Waals surface area contributed by atoms with Gasteiger partial charge in [-0.3, -0.25) is 9.59 Å². The molecular weight excluding hydrogens is 444 g/mol. The molecule has 182 valence electrons. The van der Waals surface area contributed by atoms with E-state index in [4.69, 9.17) is 4.74 Å². The van der Waals surface area contributed by atoms with Crippen LogP contribution in [0.25, 0.3) is 0 Å². The molecule has 9 heteroatoms. The SMILES string of the molecule is O=C(CN1CC(C(=O)N2CCCCC2)Oc2ccccc21)NCCc1ccc(OC(F)F)cc1. The zero-order valence-electron chi connectivity index (χ0n) is 18.9. The third-order valence-corrected chi connectivity index (χ3v) is 6.02. The number of halogens is 2. The topological polar surface area (TPSA) is 71.1 Å². The first kappa shape index (κ1) is 23.8. The van der Waals surface area contributed by atoms with E-state index in [0.717, 1.165) is 43.6 Å². The molecule has 2 aromatic rings. The molecule has 0 bridgehead atoms. The molecule has 34 heavy (non-hydrogen) atoms. The lowest BCUT2D eigenvalue weighted by molar-refractivity contribution is -0.139. The van der Waals surface area contributed by atoms with E-state index in [1.54, 1.807) is 12.1 Å². The molecule has 4 rings (SSSR count). The Kier molecular flexibility index (Phi) is 7.82. The second-order valence-electron chi connectivity index (χ2n) is 8.46. The maximum atomic E-state index is 13.0. The van der Waals surface area contributed by atoms with Crippen molar-refractivity contribution in [3.8, 4) is 11.5 Å². The van der Waals surface area contributed by atoms with Crippen LogP contribution in [-0.2, 0) is 16.0 Å². The fourth-order valence-electron chi connectivity index (χ4n) is 4.32. The number of piperidine rings is 1. The Morgan fingerprint density at radius 2 is 1.79 bits per heavy atom. The normalized spacial score (nSPS) is 17.7. The van der Waals surface area contributed by atoms with Crippen molar-refractivity contribution in [3.63, 3.8) is 0 Å². The standard InChI is InChI=1S/C25H29F2N3O4/c26-25(27)33-19-10-8-18(9-11-19)12-13-28-23(31)17-30-16-22(24(32)29-14-4-1-5-15-29)34-21-7-3-2-6-20(21)30/h2-3,6-11,22,25H,1,4-5,12-17H2,(H,28,31). The smallest absolute Gasteiger partial charge is 0.387 e. The van der Waals surface area contributed by atoms with Gasteiger partial charge in [0.15, 0.2) is 6.10 Å². The fourth-order valence-corrected chi connectivity index (χ4v) is 4.32. The van der Waals surface area contributed by atoms with Gasteiger partial charge in [0.25, 0.3) is 5.91 Å². The summed E-state index contributed by atoms with van der Waals surface area (Å²) in [5, 5.41) is 2.90. The molecule has 2 aliphatic heterocycles. The summed E-state index contributed by atoms with van der Waals surface area (Å²) in [7, 11) is 0. The van der Waals surface area contributed by atoms with Gasteiger partial charge in [0.2, 0.25) is 5.91 Å². The van der Waals surface area contributed by atoms with Crippen molar-refractivity contribution >= 4 is 17.5 Å². The largest absolute Gasteiger partial charge is 0.477 e. The first-order valence-corrected chi connectivity index (χ1v) is 11.6. The first-order valence-electron chi connectivity index (χ1n) is 11.6. The van der Waals surface area contributed by atoms with Crippen LogP contribution in [0.3, 0.4) is 0 Å². The Balaban J connectivity index is 1.32. The number of alkyl halides is 2.